The van der Waals surface area contributed by atoms with Crippen molar-refractivity contribution in [2.45, 2.75) is 13.2 Å². The van der Waals surface area contributed by atoms with Crippen LogP contribution in [0.2, 0.25) is 0 Å². The van der Waals surface area contributed by atoms with Crippen LogP contribution in [0.5, 0.6) is 0 Å². The zero-order valence-electron chi connectivity index (χ0n) is 10.2. The van der Waals surface area contributed by atoms with Crippen LogP contribution in [-0.4, -0.2) is 28.0 Å². The Kier molecular flexibility index (Phi) is 2.56. The Hall–Kier alpha value is -2.28. The van der Waals surface area contributed by atoms with E-state index >= 15 is 0 Å². The molecule has 0 unspecified atom stereocenters. The highest BCUT2D eigenvalue weighted by molar-refractivity contribution is 5.96. The smallest absolute Gasteiger partial charge is 0.299 e. The van der Waals surface area contributed by atoms with Gasteiger partial charge in [0.25, 0.3) is 5.91 Å². The predicted molar refractivity (Wildman–Crippen MR) is 65.6 cm³/mol. The van der Waals surface area contributed by atoms with Crippen molar-refractivity contribution in [1.29, 1.82) is 0 Å². The van der Waals surface area contributed by atoms with Gasteiger partial charge >= 0.3 is 0 Å². The van der Waals surface area contributed by atoms with Crippen molar-refractivity contribution < 1.29 is 14.0 Å². The van der Waals surface area contributed by atoms with Crippen molar-refractivity contribution in [1.82, 2.24) is 15.1 Å². The lowest BCUT2D eigenvalue weighted by Crippen LogP contribution is -2.18. The van der Waals surface area contributed by atoms with Crippen LogP contribution in [0.1, 0.15) is 21.6 Å². The average molecular weight is 262 g/mol. The van der Waals surface area contributed by atoms with Gasteiger partial charge in [-0.2, -0.15) is 5.12 Å². The van der Waals surface area contributed by atoms with Gasteiger partial charge in [0.2, 0.25) is 0 Å². The molecule has 7 heteroatoms. The number of anilines is 1. The van der Waals surface area contributed by atoms with Crippen molar-refractivity contribution in [2.75, 3.05) is 12.8 Å². The Morgan fingerprint density at radius 2 is 2.21 bits per heavy atom. The molecule has 0 fully saturated rings. The molecule has 98 valence electrons. The van der Waals surface area contributed by atoms with Gasteiger partial charge < -0.3 is 10.5 Å². The molecular weight excluding hydrogens is 251 g/mol. The van der Waals surface area contributed by atoms with E-state index in [1.54, 1.807) is 0 Å². The molecule has 0 spiro atoms. The summed E-state index contributed by atoms with van der Waals surface area (Å²) in [4.78, 5) is 19.7. The lowest BCUT2D eigenvalue weighted by atomic mass is 10.1. The number of carbonyl (C=O) groups is 1. The van der Waals surface area contributed by atoms with Crippen LogP contribution >= 0.6 is 0 Å². The maximum atomic E-state index is 12.9. The number of hydrogen-bond donors (Lipinski definition) is 1. The molecule has 0 aliphatic carbocycles. The van der Waals surface area contributed by atoms with Gasteiger partial charge in [-0.15, -0.1) is 0 Å². The molecule has 19 heavy (non-hydrogen) atoms. The molecule has 2 aromatic heterocycles. The van der Waals surface area contributed by atoms with Gasteiger partial charge in [-0.1, -0.05) is 4.48 Å². The molecule has 0 saturated carbocycles. The van der Waals surface area contributed by atoms with E-state index in [4.69, 9.17) is 10.5 Å². The van der Waals surface area contributed by atoms with Crippen LogP contribution in [0.15, 0.2) is 12.3 Å². The fourth-order valence-electron chi connectivity index (χ4n) is 2.15. The number of amides is 1. The van der Waals surface area contributed by atoms with Crippen molar-refractivity contribution >= 4 is 22.6 Å². The summed E-state index contributed by atoms with van der Waals surface area (Å²) in [7, 11) is 1.03. The highest BCUT2D eigenvalue weighted by Gasteiger charge is 2.21. The van der Waals surface area contributed by atoms with Crippen LogP contribution in [0.4, 0.5) is 10.3 Å². The molecule has 2 aromatic rings. The summed E-state index contributed by atoms with van der Waals surface area (Å²) < 4.78 is 18.2. The molecule has 0 atom stereocenters. The lowest BCUT2D eigenvalue weighted by Gasteiger charge is -2.09. The number of hydrogen-bond acceptors (Lipinski definition) is 5. The molecule has 6 nitrogen and oxygen atoms in total. The fraction of sp³-hybridized carbons (Fsp3) is 0.250. The summed E-state index contributed by atoms with van der Waals surface area (Å²) in [6.07, 6.45) is 1.42. The van der Waals surface area contributed by atoms with Crippen LogP contribution in [0.3, 0.4) is 0 Å². The van der Waals surface area contributed by atoms with E-state index in [9.17, 15) is 9.28 Å². The van der Waals surface area contributed by atoms with Gasteiger partial charge in [0.05, 0.1) is 24.9 Å². The van der Waals surface area contributed by atoms with Gasteiger partial charge in [0, 0.05) is 18.0 Å². The maximum Gasteiger partial charge on any atom is 0.299 e. The number of nitrogen functional groups attached to an aromatic ring is 1. The second-order valence-corrected chi connectivity index (χ2v) is 4.32. The van der Waals surface area contributed by atoms with E-state index < -0.39 is 5.91 Å². The van der Waals surface area contributed by atoms with Gasteiger partial charge in [-0.05, 0) is 11.6 Å². The Labute approximate surface area is 107 Å². The third-order valence-electron chi connectivity index (χ3n) is 3.11. The first-order chi connectivity index (χ1) is 9.08. The summed E-state index contributed by atoms with van der Waals surface area (Å²) in [6.45, 7) is 0.806. The van der Waals surface area contributed by atoms with E-state index in [0.29, 0.717) is 24.5 Å². The predicted octanol–water partition coefficient (Wildman–Crippen LogP) is 1.20. The molecule has 1 amide bonds. The van der Waals surface area contributed by atoms with E-state index in [-0.39, 0.29) is 10.8 Å². The summed E-state index contributed by atoms with van der Waals surface area (Å²) in [6, 6.07) is 1.52. The first-order valence-corrected chi connectivity index (χ1v) is 5.66. The zero-order chi connectivity index (χ0) is 13.6. The van der Waals surface area contributed by atoms with Crippen LogP contribution in [0, 0.1) is 0 Å². The SMILES string of the molecule is CN(F)C(=O)c1cc2c3c(c(N)nc2cn1)COC3. The fourth-order valence-corrected chi connectivity index (χ4v) is 2.15. The lowest BCUT2D eigenvalue weighted by molar-refractivity contribution is 0.0337. The van der Waals surface area contributed by atoms with Crippen molar-refractivity contribution in [3.63, 3.8) is 0 Å². The summed E-state index contributed by atoms with van der Waals surface area (Å²) in [5.74, 6) is -0.394. The van der Waals surface area contributed by atoms with E-state index in [1.807, 2.05) is 0 Å². The summed E-state index contributed by atoms with van der Waals surface area (Å²) >= 11 is 0. The van der Waals surface area contributed by atoms with Gasteiger partial charge in [-0.3, -0.25) is 4.79 Å². The minimum atomic E-state index is -0.800. The number of nitrogens with zero attached hydrogens (tertiary/aromatic N) is 3. The molecule has 3 rings (SSSR count). The number of fused-ring (bicyclic) bond motifs is 3. The van der Waals surface area contributed by atoms with Crippen molar-refractivity contribution in [3.8, 4) is 0 Å². The Bertz CT molecular complexity index is 687. The maximum absolute atomic E-state index is 12.9. The summed E-state index contributed by atoms with van der Waals surface area (Å²) in [5, 5.41) is 0.720. The van der Waals surface area contributed by atoms with E-state index in [2.05, 4.69) is 9.97 Å². The monoisotopic (exact) mass is 262 g/mol. The molecule has 1 aliphatic heterocycles. The number of aromatic nitrogens is 2. The molecule has 0 radical (unpaired) electrons. The second kappa shape index (κ2) is 4.13. The molecule has 0 bridgehead atoms. The summed E-state index contributed by atoms with van der Waals surface area (Å²) in [5.41, 5.74) is 8.14. The molecule has 3 heterocycles. The van der Waals surface area contributed by atoms with Crippen LogP contribution < -0.4 is 5.73 Å². The molecule has 0 aromatic carbocycles. The topological polar surface area (TPSA) is 81.3 Å². The van der Waals surface area contributed by atoms with Crippen molar-refractivity contribution in [3.05, 3.63) is 29.1 Å². The number of nitrogens with two attached hydrogens (primary N) is 1. The number of pyridine rings is 2. The Morgan fingerprint density at radius 3 is 2.95 bits per heavy atom. The highest BCUT2D eigenvalue weighted by Crippen LogP contribution is 2.31. The normalized spacial score (nSPS) is 13.6. The minimum Gasteiger partial charge on any atom is -0.383 e. The quantitative estimate of drug-likeness (QED) is 0.781. The minimum absolute atomic E-state index is 0.00434. The van der Waals surface area contributed by atoms with Gasteiger partial charge in [0.15, 0.2) is 0 Å². The van der Waals surface area contributed by atoms with E-state index in [0.717, 1.165) is 23.6 Å². The molecule has 2 N–H and O–H groups in total. The standard InChI is InChI=1S/C12H11FN4O2/c1-17(13)12(18)9-2-6-7-4-19-5-8(7)11(14)16-10(6)3-15-9/h2-3H,4-5H2,1H3,(H2,14,16). The molecule has 1 aliphatic rings. The first kappa shape index (κ1) is 11.8. The van der Waals surface area contributed by atoms with Gasteiger partial charge in [0.1, 0.15) is 11.5 Å². The zero-order valence-corrected chi connectivity index (χ0v) is 10.2. The Balaban J connectivity index is 2.23. The largest absolute Gasteiger partial charge is 0.383 e. The third-order valence-corrected chi connectivity index (χ3v) is 3.11. The van der Waals surface area contributed by atoms with Crippen LogP contribution in [0.25, 0.3) is 10.9 Å². The molecule has 0 saturated heterocycles. The van der Waals surface area contributed by atoms with E-state index in [1.165, 1.54) is 12.3 Å². The van der Waals surface area contributed by atoms with Crippen molar-refractivity contribution in [2.24, 2.45) is 0 Å². The van der Waals surface area contributed by atoms with Gasteiger partial charge in [-0.25, -0.2) is 9.97 Å². The highest BCUT2D eigenvalue weighted by atomic mass is 19.2. The third kappa shape index (κ3) is 1.78. The number of carbonyl (C=O) groups excluding carboxylic acids is 1. The number of rotatable bonds is 1. The number of halogens is 1. The number of ether oxygens (including phenoxy) is 1. The molecular formula is C12H11FN4O2. The second-order valence-electron chi connectivity index (χ2n) is 4.32. The Morgan fingerprint density at radius 1 is 1.47 bits per heavy atom. The van der Waals surface area contributed by atoms with Crippen LogP contribution in [-0.2, 0) is 18.0 Å². The first-order valence-electron chi connectivity index (χ1n) is 5.66. The average Bonchev–Trinajstić information content (AvgIpc) is 2.87.